The van der Waals surface area contributed by atoms with Crippen molar-refractivity contribution in [3.63, 3.8) is 0 Å². The Labute approximate surface area is 190 Å². The molecule has 4 rings (SSSR count). The summed E-state index contributed by atoms with van der Waals surface area (Å²) in [5.74, 6) is 0.873. The number of aromatic nitrogens is 2. The van der Waals surface area contributed by atoms with Crippen LogP contribution < -0.4 is 10.8 Å². The van der Waals surface area contributed by atoms with E-state index < -0.39 is 10.0 Å². The summed E-state index contributed by atoms with van der Waals surface area (Å²) in [7, 11) is -3.80. The highest BCUT2D eigenvalue weighted by Crippen LogP contribution is 2.32. The molecule has 0 aliphatic rings. The number of hydrogen-bond acceptors (Lipinski definition) is 6. The van der Waals surface area contributed by atoms with E-state index in [-0.39, 0.29) is 10.5 Å². The number of hydrogen-bond donors (Lipinski definition) is 1. The van der Waals surface area contributed by atoms with Crippen molar-refractivity contribution < 1.29 is 12.8 Å². The molecule has 7 nitrogen and oxygen atoms in total. The van der Waals surface area contributed by atoms with Crippen molar-refractivity contribution >= 4 is 43.8 Å². The van der Waals surface area contributed by atoms with Crippen LogP contribution in [-0.2, 0) is 22.3 Å². The fourth-order valence-corrected chi connectivity index (χ4v) is 5.56. The Morgan fingerprint density at radius 1 is 1.19 bits per heavy atom. The smallest absolute Gasteiger partial charge is 0.336 e. The standard InChI is InChI=1S/C23H25N3O4S2/c1-5-26-20-7-6-16(32(24,28)29)10-19(20)25-23(26)31-12-15-9-22(27)30-21-8-14(4)17(13(2)3)11-18(15)21/h6-11,13H,5,12H2,1-4H3,(H2,24,28,29). The average Bonchev–Trinajstić information content (AvgIpc) is 3.07. The topological polar surface area (TPSA) is 108 Å². The van der Waals surface area contributed by atoms with Crippen LogP contribution in [0, 0.1) is 6.92 Å². The highest BCUT2D eigenvalue weighted by Gasteiger charge is 2.16. The van der Waals surface area contributed by atoms with Crippen LogP contribution in [-0.4, -0.2) is 18.0 Å². The van der Waals surface area contributed by atoms with Gasteiger partial charge in [0.2, 0.25) is 10.0 Å². The Morgan fingerprint density at radius 3 is 2.59 bits per heavy atom. The van der Waals surface area contributed by atoms with E-state index in [1.54, 1.807) is 6.07 Å². The summed E-state index contributed by atoms with van der Waals surface area (Å²) in [6.07, 6.45) is 0. The van der Waals surface area contributed by atoms with Gasteiger partial charge in [0.15, 0.2) is 5.16 Å². The van der Waals surface area contributed by atoms with E-state index in [2.05, 4.69) is 24.9 Å². The fraction of sp³-hybridized carbons (Fsp3) is 0.304. The third-order valence-corrected chi connectivity index (χ3v) is 7.46. The maximum absolute atomic E-state index is 12.2. The zero-order valence-corrected chi connectivity index (χ0v) is 20.0. The van der Waals surface area contributed by atoms with Crippen molar-refractivity contribution in [2.45, 2.75) is 56.0 Å². The van der Waals surface area contributed by atoms with Crippen molar-refractivity contribution in [3.05, 3.63) is 63.5 Å². The molecule has 0 unspecified atom stereocenters. The predicted molar refractivity (Wildman–Crippen MR) is 128 cm³/mol. The lowest BCUT2D eigenvalue weighted by molar-refractivity contribution is 0.559. The zero-order valence-electron chi connectivity index (χ0n) is 18.4. The molecule has 0 saturated carbocycles. The number of benzene rings is 2. The second-order valence-corrected chi connectivity index (χ2v) is 10.6. The Balaban J connectivity index is 1.76. The SMILES string of the molecule is CCn1c(SCc2cc(=O)oc3cc(C)c(C(C)C)cc23)nc2cc(S(N)(=O)=O)ccc21. The lowest BCUT2D eigenvalue weighted by Gasteiger charge is -2.13. The molecule has 2 aromatic carbocycles. The molecule has 0 saturated heterocycles. The summed E-state index contributed by atoms with van der Waals surface area (Å²) in [5, 5.41) is 6.93. The first kappa shape index (κ1) is 22.6. The van der Waals surface area contributed by atoms with Crippen LogP contribution in [0.3, 0.4) is 0 Å². The number of fused-ring (bicyclic) bond motifs is 2. The molecular formula is C23H25N3O4S2. The van der Waals surface area contributed by atoms with Crippen LogP contribution in [0.15, 0.2) is 55.7 Å². The predicted octanol–water partition coefficient (Wildman–Crippen LogP) is 4.53. The number of primary sulfonamides is 1. The molecule has 2 N–H and O–H groups in total. The van der Waals surface area contributed by atoms with Crippen LogP contribution in [0.25, 0.3) is 22.0 Å². The Hall–Kier alpha value is -2.62. The Bertz CT molecular complexity index is 1500. The minimum atomic E-state index is -3.80. The fourth-order valence-electron chi connectivity index (χ4n) is 3.96. The second-order valence-electron chi connectivity index (χ2n) is 8.07. The maximum atomic E-state index is 12.2. The van der Waals surface area contributed by atoms with Gasteiger partial charge in [-0.1, -0.05) is 25.6 Å². The summed E-state index contributed by atoms with van der Waals surface area (Å²) in [5.41, 5.74) is 4.79. The van der Waals surface area contributed by atoms with E-state index in [1.807, 2.05) is 24.5 Å². The largest absolute Gasteiger partial charge is 0.423 e. The molecule has 9 heteroatoms. The van der Waals surface area contributed by atoms with Crippen LogP contribution in [0.5, 0.6) is 0 Å². The van der Waals surface area contributed by atoms with Crippen molar-refractivity contribution in [3.8, 4) is 0 Å². The van der Waals surface area contributed by atoms with Crippen LogP contribution in [0.2, 0.25) is 0 Å². The minimum Gasteiger partial charge on any atom is -0.423 e. The van der Waals surface area contributed by atoms with E-state index in [9.17, 15) is 13.2 Å². The van der Waals surface area contributed by atoms with Crippen LogP contribution in [0.4, 0.5) is 0 Å². The number of sulfonamides is 1. The summed E-state index contributed by atoms with van der Waals surface area (Å²) < 4.78 is 30.9. The first-order valence-corrected chi connectivity index (χ1v) is 12.8. The van der Waals surface area contributed by atoms with Crippen LogP contribution in [0.1, 0.15) is 43.4 Å². The van der Waals surface area contributed by atoms with Gasteiger partial charge in [-0.2, -0.15) is 0 Å². The molecular weight excluding hydrogens is 446 g/mol. The summed E-state index contributed by atoms with van der Waals surface area (Å²) in [6.45, 7) is 8.97. The summed E-state index contributed by atoms with van der Waals surface area (Å²) in [6, 6.07) is 10.3. The van der Waals surface area contributed by atoms with Crippen molar-refractivity contribution in [2.24, 2.45) is 5.14 Å². The molecule has 2 heterocycles. The highest BCUT2D eigenvalue weighted by atomic mass is 32.2. The third kappa shape index (κ3) is 4.20. The lowest BCUT2D eigenvalue weighted by atomic mass is 9.95. The van der Waals surface area contributed by atoms with E-state index >= 15 is 0 Å². The van der Waals surface area contributed by atoms with Gasteiger partial charge in [-0.15, -0.1) is 0 Å². The van der Waals surface area contributed by atoms with Gasteiger partial charge in [-0.25, -0.2) is 23.3 Å². The van der Waals surface area contributed by atoms with Gasteiger partial charge in [0.1, 0.15) is 5.58 Å². The second kappa shape index (κ2) is 8.38. The molecule has 32 heavy (non-hydrogen) atoms. The average molecular weight is 472 g/mol. The summed E-state index contributed by atoms with van der Waals surface area (Å²) in [4.78, 5) is 16.8. The van der Waals surface area contributed by atoms with Gasteiger partial charge in [0.25, 0.3) is 0 Å². The number of nitrogens with two attached hydrogens (primary N) is 1. The van der Waals surface area contributed by atoms with Gasteiger partial charge >= 0.3 is 5.63 Å². The number of rotatable bonds is 6. The van der Waals surface area contributed by atoms with Crippen LogP contribution >= 0.6 is 11.8 Å². The van der Waals surface area contributed by atoms with E-state index in [4.69, 9.17) is 9.56 Å². The number of aryl methyl sites for hydroxylation is 2. The first-order valence-electron chi connectivity index (χ1n) is 10.3. The lowest BCUT2D eigenvalue weighted by Crippen LogP contribution is -2.11. The van der Waals surface area contributed by atoms with E-state index in [0.717, 1.165) is 27.2 Å². The monoisotopic (exact) mass is 471 g/mol. The third-order valence-electron chi connectivity index (χ3n) is 5.53. The molecule has 0 bridgehead atoms. The maximum Gasteiger partial charge on any atom is 0.336 e. The molecule has 2 aromatic heterocycles. The quantitative estimate of drug-likeness (QED) is 0.327. The minimum absolute atomic E-state index is 0.0329. The van der Waals surface area contributed by atoms with Gasteiger partial charge in [0.05, 0.1) is 15.9 Å². The molecule has 0 aliphatic carbocycles. The Morgan fingerprint density at radius 2 is 1.94 bits per heavy atom. The normalized spacial score (nSPS) is 12.3. The summed E-state index contributed by atoms with van der Waals surface area (Å²) >= 11 is 1.50. The molecule has 0 spiro atoms. The Kier molecular flexibility index (Phi) is 5.91. The number of nitrogens with zero attached hydrogens (tertiary/aromatic N) is 2. The van der Waals surface area contributed by atoms with E-state index in [1.165, 1.54) is 35.5 Å². The molecule has 0 atom stereocenters. The number of thioether (sulfide) groups is 1. The van der Waals surface area contributed by atoms with Gasteiger partial charge in [0, 0.05) is 23.8 Å². The molecule has 4 aromatic rings. The highest BCUT2D eigenvalue weighted by molar-refractivity contribution is 7.98. The molecule has 168 valence electrons. The van der Waals surface area contributed by atoms with E-state index in [0.29, 0.717) is 29.3 Å². The number of imidazole rings is 1. The van der Waals surface area contributed by atoms with Gasteiger partial charge in [-0.05, 0) is 66.8 Å². The molecule has 0 fully saturated rings. The van der Waals surface area contributed by atoms with Gasteiger partial charge in [-0.3, -0.25) is 0 Å². The zero-order chi connectivity index (χ0) is 23.2. The van der Waals surface area contributed by atoms with Crippen molar-refractivity contribution in [1.82, 2.24) is 9.55 Å². The molecule has 0 radical (unpaired) electrons. The first-order chi connectivity index (χ1) is 15.1. The van der Waals surface area contributed by atoms with Crippen molar-refractivity contribution in [1.29, 1.82) is 0 Å². The van der Waals surface area contributed by atoms with Crippen molar-refractivity contribution in [2.75, 3.05) is 0 Å². The van der Waals surface area contributed by atoms with Gasteiger partial charge < -0.3 is 8.98 Å². The molecule has 0 amide bonds. The molecule has 0 aliphatic heterocycles.